The summed E-state index contributed by atoms with van der Waals surface area (Å²) < 4.78 is 11.2. The Morgan fingerprint density at radius 1 is 0.857 bits per heavy atom. The molecule has 6 nitrogen and oxygen atoms in total. The van der Waals surface area contributed by atoms with E-state index in [0.717, 1.165) is 22.2 Å². The zero-order chi connectivity index (χ0) is 24.5. The standard InChI is InChI=1S/C29H24N2O4/c1-34-29-19-27(35-20-24-6-2-3-15-30-24)14-11-23(29)10-13-26(33)18-25(32)12-8-21-7-9-22-5-4-16-31-28(22)17-21/h2-17,19H,18,20H2,1H3/b12-8+,13-10+. The fourth-order valence-electron chi connectivity index (χ4n) is 3.41. The number of allylic oxidation sites excluding steroid dienone is 2. The first-order chi connectivity index (χ1) is 17.1. The lowest BCUT2D eigenvalue weighted by atomic mass is 10.1. The largest absolute Gasteiger partial charge is 0.496 e. The second-order valence-corrected chi connectivity index (χ2v) is 7.75. The van der Waals surface area contributed by atoms with Gasteiger partial charge in [-0.05, 0) is 60.2 Å². The van der Waals surface area contributed by atoms with Crippen molar-refractivity contribution in [3.63, 3.8) is 0 Å². The van der Waals surface area contributed by atoms with Crippen molar-refractivity contribution in [2.75, 3.05) is 7.11 Å². The number of hydrogen-bond acceptors (Lipinski definition) is 6. The minimum atomic E-state index is -0.294. The molecule has 6 heteroatoms. The summed E-state index contributed by atoms with van der Waals surface area (Å²) in [5.74, 6) is 0.618. The Balaban J connectivity index is 1.33. The number of methoxy groups -OCH3 is 1. The Morgan fingerprint density at radius 3 is 2.49 bits per heavy atom. The number of carbonyl (C=O) groups is 2. The summed E-state index contributed by atoms with van der Waals surface area (Å²) in [5, 5.41) is 1.03. The van der Waals surface area contributed by atoms with Crippen LogP contribution >= 0.6 is 0 Å². The Kier molecular flexibility index (Phi) is 7.76. The van der Waals surface area contributed by atoms with Crippen LogP contribution in [0.1, 0.15) is 23.2 Å². The lowest BCUT2D eigenvalue weighted by Crippen LogP contribution is -2.02. The lowest BCUT2D eigenvalue weighted by molar-refractivity contribution is -0.121. The molecule has 0 bridgehead atoms. The van der Waals surface area contributed by atoms with Crippen molar-refractivity contribution >= 4 is 34.6 Å². The molecule has 0 aliphatic heterocycles. The molecule has 0 fully saturated rings. The highest BCUT2D eigenvalue weighted by Gasteiger charge is 2.07. The highest BCUT2D eigenvalue weighted by molar-refractivity contribution is 6.11. The Morgan fingerprint density at radius 2 is 1.69 bits per heavy atom. The molecule has 0 aliphatic carbocycles. The van der Waals surface area contributed by atoms with Crippen molar-refractivity contribution in [3.8, 4) is 11.5 Å². The molecule has 0 radical (unpaired) electrons. The highest BCUT2D eigenvalue weighted by atomic mass is 16.5. The SMILES string of the molecule is COc1cc(OCc2ccccn2)ccc1/C=C/C(=O)CC(=O)/C=C/c1ccc2cccnc2c1. The minimum Gasteiger partial charge on any atom is -0.496 e. The van der Waals surface area contributed by atoms with Crippen LogP contribution in [0.3, 0.4) is 0 Å². The summed E-state index contributed by atoms with van der Waals surface area (Å²) in [4.78, 5) is 33.1. The van der Waals surface area contributed by atoms with Gasteiger partial charge in [0.25, 0.3) is 0 Å². The Bertz CT molecular complexity index is 1390. The molecule has 0 saturated carbocycles. The first-order valence-corrected chi connectivity index (χ1v) is 11.1. The number of carbonyl (C=O) groups excluding carboxylic acids is 2. The van der Waals surface area contributed by atoms with Crippen molar-refractivity contribution in [1.29, 1.82) is 0 Å². The number of ketones is 2. The Hall–Kier alpha value is -4.58. The quantitative estimate of drug-likeness (QED) is 0.229. The van der Waals surface area contributed by atoms with Gasteiger partial charge in [-0.3, -0.25) is 19.6 Å². The lowest BCUT2D eigenvalue weighted by Gasteiger charge is -2.09. The number of nitrogens with zero attached hydrogens (tertiary/aromatic N) is 2. The molecule has 0 atom stereocenters. The molecule has 2 heterocycles. The van der Waals surface area contributed by atoms with Gasteiger partial charge in [0.1, 0.15) is 18.1 Å². The molecule has 0 saturated heterocycles. The molecule has 0 N–H and O–H groups in total. The van der Waals surface area contributed by atoms with Gasteiger partial charge in [-0.25, -0.2) is 0 Å². The molecule has 0 aliphatic rings. The zero-order valence-electron chi connectivity index (χ0n) is 19.3. The fourth-order valence-corrected chi connectivity index (χ4v) is 3.41. The number of fused-ring (bicyclic) bond motifs is 1. The van der Waals surface area contributed by atoms with E-state index in [4.69, 9.17) is 9.47 Å². The smallest absolute Gasteiger partial charge is 0.163 e. The first kappa shape index (κ1) is 23.6. The summed E-state index contributed by atoms with van der Waals surface area (Å²) in [6.45, 7) is 0.336. The van der Waals surface area contributed by atoms with Crippen LogP contribution < -0.4 is 9.47 Å². The molecule has 2 aromatic heterocycles. The van der Waals surface area contributed by atoms with Crippen LogP contribution in [0.2, 0.25) is 0 Å². The van der Waals surface area contributed by atoms with Gasteiger partial charge < -0.3 is 9.47 Å². The van der Waals surface area contributed by atoms with E-state index in [1.165, 1.54) is 12.2 Å². The normalized spacial score (nSPS) is 11.2. The predicted molar refractivity (Wildman–Crippen MR) is 136 cm³/mol. The second kappa shape index (κ2) is 11.5. The van der Waals surface area contributed by atoms with Crippen LogP contribution in [-0.4, -0.2) is 28.6 Å². The van der Waals surface area contributed by atoms with E-state index in [9.17, 15) is 9.59 Å². The van der Waals surface area contributed by atoms with Crippen LogP contribution in [0, 0.1) is 0 Å². The van der Waals surface area contributed by atoms with Crippen molar-refractivity contribution in [3.05, 3.63) is 108 Å². The molecule has 0 amide bonds. The van der Waals surface area contributed by atoms with Crippen LogP contribution in [0.4, 0.5) is 0 Å². The van der Waals surface area contributed by atoms with E-state index in [1.807, 2.05) is 48.5 Å². The maximum atomic E-state index is 12.3. The van der Waals surface area contributed by atoms with E-state index in [2.05, 4.69) is 9.97 Å². The third-order valence-electron chi connectivity index (χ3n) is 5.21. The molecule has 174 valence electrons. The van der Waals surface area contributed by atoms with Gasteiger partial charge >= 0.3 is 0 Å². The van der Waals surface area contributed by atoms with Crippen molar-refractivity contribution in [1.82, 2.24) is 9.97 Å². The van der Waals surface area contributed by atoms with Gasteiger partial charge in [0.2, 0.25) is 0 Å². The van der Waals surface area contributed by atoms with Crippen LogP contribution in [0.15, 0.2) is 91.3 Å². The topological polar surface area (TPSA) is 78.4 Å². The van der Waals surface area contributed by atoms with E-state index < -0.39 is 0 Å². The molecular weight excluding hydrogens is 440 g/mol. The molecule has 0 spiro atoms. The molecule has 4 rings (SSSR count). The molecule has 35 heavy (non-hydrogen) atoms. The number of pyridine rings is 2. The van der Waals surface area contributed by atoms with Gasteiger partial charge in [0.05, 0.1) is 24.7 Å². The highest BCUT2D eigenvalue weighted by Crippen LogP contribution is 2.26. The summed E-state index contributed by atoms with van der Waals surface area (Å²) >= 11 is 0. The molecule has 4 aromatic rings. The van der Waals surface area contributed by atoms with Crippen molar-refractivity contribution < 1.29 is 19.1 Å². The van der Waals surface area contributed by atoms with Crippen molar-refractivity contribution in [2.45, 2.75) is 13.0 Å². The average Bonchev–Trinajstić information content (AvgIpc) is 2.90. The number of benzene rings is 2. The van der Waals surface area contributed by atoms with Crippen LogP contribution in [0.5, 0.6) is 11.5 Å². The number of rotatable bonds is 10. The van der Waals surface area contributed by atoms with Gasteiger partial charge in [-0.1, -0.05) is 30.3 Å². The maximum Gasteiger partial charge on any atom is 0.163 e. The number of ether oxygens (including phenoxy) is 2. The summed E-state index contributed by atoms with van der Waals surface area (Å²) in [7, 11) is 1.55. The molecular formula is C29H24N2O4. The summed E-state index contributed by atoms with van der Waals surface area (Å²) in [6, 6.07) is 20.6. The average molecular weight is 465 g/mol. The van der Waals surface area contributed by atoms with E-state index in [-0.39, 0.29) is 18.0 Å². The van der Waals surface area contributed by atoms with E-state index in [0.29, 0.717) is 23.7 Å². The Labute approximate surface area is 203 Å². The van der Waals surface area contributed by atoms with E-state index in [1.54, 1.807) is 49.9 Å². The first-order valence-electron chi connectivity index (χ1n) is 11.1. The summed E-state index contributed by atoms with van der Waals surface area (Å²) in [6.07, 6.45) is 9.36. The van der Waals surface area contributed by atoms with Gasteiger partial charge in [0.15, 0.2) is 11.6 Å². The molecule has 0 unspecified atom stereocenters. The predicted octanol–water partition coefficient (Wildman–Crippen LogP) is 5.47. The maximum absolute atomic E-state index is 12.3. The van der Waals surface area contributed by atoms with Crippen LogP contribution in [-0.2, 0) is 16.2 Å². The van der Waals surface area contributed by atoms with E-state index >= 15 is 0 Å². The number of hydrogen-bond donors (Lipinski definition) is 0. The van der Waals surface area contributed by atoms with Gasteiger partial charge in [-0.2, -0.15) is 0 Å². The monoisotopic (exact) mass is 464 g/mol. The zero-order valence-corrected chi connectivity index (χ0v) is 19.3. The van der Waals surface area contributed by atoms with Gasteiger partial charge in [-0.15, -0.1) is 0 Å². The molecule has 2 aromatic carbocycles. The number of aromatic nitrogens is 2. The third-order valence-corrected chi connectivity index (χ3v) is 5.21. The summed E-state index contributed by atoms with van der Waals surface area (Å²) in [5.41, 5.74) is 3.22. The van der Waals surface area contributed by atoms with Gasteiger partial charge in [0, 0.05) is 29.4 Å². The van der Waals surface area contributed by atoms with Crippen LogP contribution in [0.25, 0.3) is 23.1 Å². The fraction of sp³-hybridized carbons (Fsp3) is 0.103. The second-order valence-electron chi connectivity index (χ2n) is 7.75. The third kappa shape index (κ3) is 6.71. The minimum absolute atomic E-state index is 0.216. The van der Waals surface area contributed by atoms with Crippen molar-refractivity contribution in [2.24, 2.45) is 0 Å².